The zero-order chi connectivity index (χ0) is 17.6. The molecule has 1 aliphatic carbocycles. The number of nitrogens with zero attached hydrogens (tertiary/aromatic N) is 1. The summed E-state index contributed by atoms with van der Waals surface area (Å²) in [5.41, 5.74) is 7.93. The molecule has 3 atom stereocenters. The van der Waals surface area contributed by atoms with Crippen LogP contribution in [0.5, 0.6) is 5.75 Å². The van der Waals surface area contributed by atoms with Crippen LogP contribution in [0.4, 0.5) is 0 Å². The van der Waals surface area contributed by atoms with Crippen LogP contribution < -0.4 is 10.5 Å². The summed E-state index contributed by atoms with van der Waals surface area (Å²) in [6.07, 6.45) is 0.998. The van der Waals surface area contributed by atoms with Gasteiger partial charge in [-0.05, 0) is 47.6 Å². The second-order valence-corrected chi connectivity index (χ2v) is 6.74. The van der Waals surface area contributed by atoms with Gasteiger partial charge in [-0.3, -0.25) is 9.59 Å². The van der Waals surface area contributed by atoms with Gasteiger partial charge in [-0.2, -0.15) is 0 Å². The number of nitrogens with two attached hydrogens (primary N) is 1. The predicted molar refractivity (Wildman–Crippen MR) is 94.0 cm³/mol. The molecule has 0 unspecified atom stereocenters. The Hall–Kier alpha value is -2.82. The first-order valence-electron chi connectivity index (χ1n) is 8.44. The molecule has 0 bridgehead atoms. The van der Waals surface area contributed by atoms with E-state index in [2.05, 4.69) is 0 Å². The third-order valence-corrected chi connectivity index (χ3v) is 5.26. The van der Waals surface area contributed by atoms with E-state index in [9.17, 15) is 9.59 Å². The van der Waals surface area contributed by atoms with E-state index >= 15 is 0 Å². The fourth-order valence-electron chi connectivity index (χ4n) is 3.89. The van der Waals surface area contributed by atoms with Gasteiger partial charge in [-0.25, -0.2) is 0 Å². The number of rotatable bonds is 4. The molecule has 25 heavy (non-hydrogen) atoms. The van der Waals surface area contributed by atoms with E-state index in [-0.39, 0.29) is 11.8 Å². The van der Waals surface area contributed by atoms with Crippen molar-refractivity contribution in [3.05, 3.63) is 54.1 Å². The van der Waals surface area contributed by atoms with Gasteiger partial charge in [-0.15, -0.1) is 0 Å². The zero-order valence-electron chi connectivity index (χ0n) is 14.0. The number of hydrogen-bond donors (Lipinski definition) is 1. The first-order chi connectivity index (χ1) is 12.1. The Morgan fingerprint density at radius 1 is 1.12 bits per heavy atom. The van der Waals surface area contributed by atoms with Crippen molar-refractivity contribution in [3.8, 4) is 16.9 Å². The lowest BCUT2D eigenvalue weighted by atomic mass is 9.98. The maximum Gasteiger partial charge on any atom is 0.255 e. The van der Waals surface area contributed by atoms with Gasteiger partial charge in [0.15, 0.2) is 0 Å². The highest BCUT2D eigenvalue weighted by Crippen LogP contribution is 2.50. The summed E-state index contributed by atoms with van der Waals surface area (Å²) in [6.45, 7) is 0.619. The molecule has 1 heterocycles. The molecule has 2 aromatic rings. The minimum absolute atomic E-state index is 0.123. The lowest BCUT2D eigenvalue weighted by Gasteiger charge is -2.26. The summed E-state index contributed by atoms with van der Waals surface area (Å²) in [5.74, 6) is 0.910. The van der Waals surface area contributed by atoms with Crippen LogP contribution in [0.2, 0.25) is 0 Å². The number of likely N-dealkylation sites (tertiary alicyclic amines) is 1. The van der Waals surface area contributed by atoms with Crippen LogP contribution in [0.3, 0.4) is 0 Å². The minimum atomic E-state index is -0.471. The number of piperidine rings is 1. The van der Waals surface area contributed by atoms with E-state index in [1.165, 1.54) is 0 Å². The summed E-state index contributed by atoms with van der Waals surface area (Å²) in [5, 5.41) is 0. The highest BCUT2D eigenvalue weighted by molar-refractivity contribution is 6.03. The van der Waals surface area contributed by atoms with Crippen molar-refractivity contribution >= 4 is 11.8 Å². The molecule has 1 aliphatic heterocycles. The van der Waals surface area contributed by atoms with Gasteiger partial charge in [0.05, 0.1) is 7.11 Å². The monoisotopic (exact) mass is 336 g/mol. The highest BCUT2D eigenvalue weighted by Gasteiger charge is 2.56. The van der Waals surface area contributed by atoms with E-state index < -0.39 is 11.9 Å². The molecule has 2 aliphatic rings. The number of carbonyl (C=O) groups is 2. The Bertz CT molecular complexity index is 831. The van der Waals surface area contributed by atoms with E-state index in [4.69, 9.17) is 10.5 Å². The first-order valence-corrected chi connectivity index (χ1v) is 8.44. The van der Waals surface area contributed by atoms with Crippen LogP contribution in [0.15, 0.2) is 48.5 Å². The molecule has 2 aromatic carbocycles. The molecule has 0 aromatic heterocycles. The Balaban J connectivity index is 1.68. The third-order valence-electron chi connectivity index (χ3n) is 5.26. The maximum atomic E-state index is 13.1. The molecular weight excluding hydrogens is 316 g/mol. The molecule has 1 saturated heterocycles. The Morgan fingerprint density at radius 2 is 1.84 bits per heavy atom. The van der Waals surface area contributed by atoms with Gasteiger partial charge in [0.1, 0.15) is 11.8 Å². The first kappa shape index (κ1) is 15.7. The highest BCUT2D eigenvalue weighted by atomic mass is 16.5. The van der Waals surface area contributed by atoms with Crippen LogP contribution >= 0.6 is 0 Å². The Morgan fingerprint density at radius 3 is 2.52 bits per heavy atom. The molecule has 2 N–H and O–H groups in total. The molecule has 0 radical (unpaired) electrons. The van der Waals surface area contributed by atoms with E-state index in [0.29, 0.717) is 18.0 Å². The lowest BCUT2D eigenvalue weighted by molar-refractivity contribution is -0.122. The number of benzene rings is 2. The number of ether oxygens (including phenoxy) is 1. The zero-order valence-corrected chi connectivity index (χ0v) is 14.0. The topological polar surface area (TPSA) is 72.6 Å². The van der Waals surface area contributed by atoms with Crippen molar-refractivity contribution in [2.24, 2.45) is 17.6 Å². The SMILES string of the molecule is COc1ccc(-c2ccccc2C(=O)N2C[C@H]3C[C@H]3[C@H]2C(N)=O)cc1. The molecule has 0 spiro atoms. The fraction of sp³-hybridized carbons (Fsp3) is 0.300. The standard InChI is InChI=1S/C20H20N2O3/c1-25-14-8-6-12(7-9-14)15-4-2-3-5-16(15)20(24)22-11-13-10-17(13)18(22)19(21)23/h2-9,13,17-18H,10-11H2,1H3,(H2,21,23)/t13-,17-,18+/m1/s1. The van der Waals surface area contributed by atoms with Gasteiger partial charge in [0.25, 0.3) is 5.91 Å². The van der Waals surface area contributed by atoms with Crippen LogP contribution in [-0.2, 0) is 4.79 Å². The normalized spacial score (nSPS) is 23.9. The molecule has 2 amide bonds. The smallest absolute Gasteiger partial charge is 0.255 e. The summed E-state index contributed by atoms with van der Waals surface area (Å²) < 4.78 is 5.19. The van der Waals surface area contributed by atoms with Crippen molar-refractivity contribution < 1.29 is 14.3 Å². The van der Waals surface area contributed by atoms with E-state index in [1.807, 2.05) is 48.5 Å². The van der Waals surface area contributed by atoms with Crippen LogP contribution in [0, 0.1) is 11.8 Å². The van der Waals surface area contributed by atoms with Gasteiger partial charge >= 0.3 is 0 Å². The molecule has 1 saturated carbocycles. The van der Waals surface area contributed by atoms with Crippen LogP contribution in [-0.4, -0.2) is 36.4 Å². The average molecular weight is 336 g/mol. The number of carbonyl (C=O) groups excluding carboxylic acids is 2. The van der Waals surface area contributed by atoms with Crippen molar-refractivity contribution in [2.45, 2.75) is 12.5 Å². The van der Waals surface area contributed by atoms with Gasteiger partial charge in [-0.1, -0.05) is 30.3 Å². The number of methoxy groups -OCH3 is 1. The van der Waals surface area contributed by atoms with E-state index in [1.54, 1.807) is 12.0 Å². The van der Waals surface area contributed by atoms with Gasteiger partial charge in [0.2, 0.25) is 5.91 Å². The van der Waals surface area contributed by atoms with Crippen molar-refractivity contribution in [1.82, 2.24) is 4.90 Å². The van der Waals surface area contributed by atoms with Gasteiger partial charge in [0, 0.05) is 12.1 Å². The number of amides is 2. The van der Waals surface area contributed by atoms with Crippen LogP contribution in [0.25, 0.3) is 11.1 Å². The molecular formula is C20H20N2O3. The molecule has 4 rings (SSSR count). The molecule has 5 heteroatoms. The summed E-state index contributed by atoms with van der Waals surface area (Å²) >= 11 is 0. The molecule has 2 fully saturated rings. The molecule has 128 valence electrons. The van der Waals surface area contributed by atoms with Crippen molar-refractivity contribution in [2.75, 3.05) is 13.7 Å². The Labute approximate surface area is 146 Å². The summed E-state index contributed by atoms with van der Waals surface area (Å²) in [6, 6.07) is 14.6. The second-order valence-electron chi connectivity index (χ2n) is 6.74. The summed E-state index contributed by atoms with van der Waals surface area (Å²) in [4.78, 5) is 26.6. The number of primary amides is 1. The van der Waals surface area contributed by atoms with Gasteiger partial charge < -0.3 is 15.4 Å². The maximum absolute atomic E-state index is 13.1. The largest absolute Gasteiger partial charge is 0.497 e. The Kier molecular flexibility index (Phi) is 3.71. The number of fused-ring (bicyclic) bond motifs is 1. The van der Waals surface area contributed by atoms with E-state index in [0.717, 1.165) is 23.3 Å². The second kappa shape index (κ2) is 5.92. The molecule has 5 nitrogen and oxygen atoms in total. The van der Waals surface area contributed by atoms with Crippen molar-refractivity contribution in [1.29, 1.82) is 0 Å². The third kappa shape index (κ3) is 2.65. The number of hydrogen-bond acceptors (Lipinski definition) is 3. The predicted octanol–water partition coefficient (Wildman–Crippen LogP) is 2.31. The summed E-state index contributed by atoms with van der Waals surface area (Å²) in [7, 11) is 1.62. The quantitative estimate of drug-likeness (QED) is 0.931. The average Bonchev–Trinajstić information content (AvgIpc) is 3.30. The lowest BCUT2D eigenvalue weighted by Crippen LogP contribution is -2.46. The van der Waals surface area contributed by atoms with Crippen LogP contribution in [0.1, 0.15) is 16.8 Å². The van der Waals surface area contributed by atoms with Crippen molar-refractivity contribution in [3.63, 3.8) is 0 Å². The fourth-order valence-corrected chi connectivity index (χ4v) is 3.89. The minimum Gasteiger partial charge on any atom is -0.497 e.